The number of aromatic nitrogens is 2. The standard InChI is InChI=1S/C10H9Cl2N3OS/c1-13-10-15-14-9(17-10)5-16-8-4-6(11)2-3-7(8)12/h2-4H,5H2,1H3,(H,13,15). The molecule has 0 amide bonds. The topological polar surface area (TPSA) is 47.0 Å². The van der Waals surface area contributed by atoms with E-state index in [0.717, 1.165) is 10.1 Å². The number of anilines is 1. The highest BCUT2D eigenvalue weighted by Crippen LogP contribution is 2.28. The van der Waals surface area contributed by atoms with E-state index in [1.54, 1.807) is 25.2 Å². The lowest BCUT2D eigenvalue weighted by molar-refractivity contribution is 0.305. The van der Waals surface area contributed by atoms with Gasteiger partial charge in [0.2, 0.25) is 5.13 Å². The van der Waals surface area contributed by atoms with Crippen LogP contribution in [0.25, 0.3) is 0 Å². The largest absolute Gasteiger partial charge is 0.485 e. The Labute approximate surface area is 113 Å². The zero-order chi connectivity index (χ0) is 12.3. The lowest BCUT2D eigenvalue weighted by Gasteiger charge is -2.05. The van der Waals surface area contributed by atoms with Gasteiger partial charge in [0.05, 0.1) is 5.02 Å². The Kier molecular flexibility index (Phi) is 4.04. The van der Waals surface area contributed by atoms with E-state index < -0.39 is 0 Å². The first-order valence-electron chi connectivity index (χ1n) is 4.77. The van der Waals surface area contributed by atoms with Crippen molar-refractivity contribution >= 4 is 39.7 Å². The van der Waals surface area contributed by atoms with Gasteiger partial charge in [0.25, 0.3) is 0 Å². The first-order chi connectivity index (χ1) is 8.19. The van der Waals surface area contributed by atoms with E-state index in [0.29, 0.717) is 22.4 Å². The van der Waals surface area contributed by atoms with E-state index in [9.17, 15) is 0 Å². The van der Waals surface area contributed by atoms with E-state index in [1.807, 2.05) is 0 Å². The fourth-order valence-electron chi connectivity index (χ4n) is 1.14. The Hall–Kier alpha value is -1.04. The zero-order valence-corrected chi connectivity index (χ0v) is 11.2. The number of nitrogens with one attached hydrogen (secondary N) is 1. The Morgan fingerprint density at radius 3 is 2.88 bits per heavy atom. The summed E-state index contributed by atoms with van der Waals surface area (Å²) < 4.78 is 5.53. The van der Waals surface area contributed by atoms with Crippen molar-refractivity contribution in [3.63, 3.8) is 0 Å². The molecule has 1 heterocycles. The summed E-state index contributed by atoms with van der Waals surface area (Å²) >= 11 is 13.2. The van der Waals surface area contributed by atoms with E-state index in [4.69, 9.17) is 27.9 Å². The Balaban J connectivity index is 2.04. The van der Waals surface area contributed by atoms with Gasteiger partial charge in [-0.25, -0.2) is 0 Å². The number of hydrogen-bond acceptors (Lipinski definition) is 5. The molecule has 0 radical (unpaired) electrons. The van der Waals surface area contributed by atoms with Crippen LogP contribution in [0.5, 0.6) is 5.75 Å². The van der Waals surface area contributed by atoms with Gasteiger partial charge in [-0.2, -0.15) is 0 Å². The average Bonchev–Trinajstić information content (AvgIpc) is 2.78. The molecule has 1 aromatic heterocycles. The monoisotopic (exact) mass is 289 g/mol. The maximum absolute atomic E-state index is 5.97. The predicted octanol–water partition coefficient (Wildman–Crippen LogP) is 3.47. The highest BCUT2D eigenvalue weighted by Gasteiger charge is 2.06. The Morgan fingerprint density at radius 1 is 1.35 bits per heavy atom. The predicted molar refractivity (Wildman–Crippen MR) is 70.2 cm³/mol. The average molecular weight is 290 g/mol. The molecule has 1 aromatic carbocycles. The van der Waals surface area contributed by atoms with Crippen molar-refractivity contribution in [3.8, 4) is 5.75 Å². The summed E-state index contributed by atoms with van der Waals surface area (Å²) in [6.45, 7) is 0.319. The van der Waals surface area contributed by atoms with Crippen LogP contribution >= 0.6 is 34.5 Å². The van der Waals surface area contributed by atoms with Gasteiger partial charge < -0.3 is 10.1 Å². The fourth-order valence-corrected chi connectivity index (χ4v) is 2.08. The number of hydrogen-bond donors (Lipinski definition) is 1. The van der Waals surface area contributed by atoms with Crippen LogP contribution in [0.4, 0.5) is 5.13 Å². The van der Waals surface area contributed by atoms with Gasteiger partial charge in [0, 0.05) is 18.1 Å². The van der Waals surface area contributed by atoms with Gasteiger partial charge in [0.1, 0.15) is 12.4 Å². The van der Waals surface area contributed by atoms with Crippen molar-refractivity contribution in [1.29, 1.82) is 0 Å². The molecule has 2 aromatic rings. The van der Waals surface area contributed by atoms with Crippen LogP contribution in [0.3, 0.4) is 0 Å². The van der Waals surface area contributed by atoms with Crippen molar-refractivity contribution < 1.29 is 4.74 Å². The van der Waals surface area contributed by atoms with E-state index in [1.165, 1.54) is 11.3 Å². The maximum Gasteiger partial charge on any atom is 0.205 e. The van der Waals surface area contributed by atoms with E-state index in [2.05, 4.69) is 15.5 Å². The first kappa shape index (κ1) is 12.4. The molecule has 7 heteroatoms. The molecule has 2 rings (SSSR count). The summed E-state index contributed by atoms with van der Waals surface area (Å²) in [5.41, 5.74) is 0. The smallest absolute Gasteiger partial charge is 0.205 e. The SMILES string of the molecule is CNc1nnc(COc2cc(Cl)ccc2Cl)s1. The van der Waals surface area contributed by atoms with Crippen LogP contribution in [0.2, 0.25) is 10.0 Å². The molecule has 0 fully saturated rings. The number of nitrogens with zero attached hydrogens (tertiary/aromatic N) is 2. The van der Waals surface area contributed by atoms with Crippen molar-refractivity contribution in [1.82, 2.24) is 10.2 Å². The summed E-state index contributed by atoms with van der Waals surface area (Å²) in [4.78, 5) is 0. The number of ether oxygens (including phenoxy) is 1. The maximum atomic E-state index is 5.97. The van der Waals surface area contributed by atoms with Gasteiger partial charge in [-0.1, -0.05) is 34.5 Å². The lowest BCUT2D eigenvalue weighted by atomic mass is 10.3. The molecule has 0 aliphatic rings. The minimum Gasteiger partial charge on any atom is -0.485 e. The molecule has 0 spiro atoms. The van der Waals surface area contributed by atoms with Crippen LogP contribution < -0.4 is 10.1 Å². The van der Waals surface area contributed by atoms with Crippen LogP contribution in [0, 0.1) is 0 Å². The van der Waals surface area contributed by atoms with Gasteiger partial charge in [-0.05, 0) is 12.1 Å². The molecular formula is C10H9Cl2N3OS. The van der Waals surface area contributed by atoms with Crippen molar-refractivity contribution in [3.05, 3.63) is 33.3 Å². The molecular weight excluding hydrogens is 281 g/mol. The second-order valence-electron chi connectivity index (χ2n) is 3.11. The van der Waals surface area contributed by atoms with E-state index >= 15 is 0 Å². The van der Waals surface area contributed by atoms with Crippen LogP contribution in [-0.2, 0) is 6.61 Å². The molecule has 0 saturated carbocycles. The molecule has 1 N–H and O–H groups in total. The Bertz CT molecular complexity index is 518. The molecule has 0 aliphatic carbocycles. The number of halogens is 2. The van der Waals surface area contributed by atoms with Crippen molar-refractivity contribution in [2.24, 2.45) is 0 Å². The van der Waals surface area contributed by atoms with Gasteiger partial charge >= 0.3 is 0 Å². The van der Waals surface area contributed by atoms with Crippen molar-refractivity contribution in [2.75, 3.05) is 12.4 Å². The molecule has 0 aliphatic heterocycles. The summed E-state index contributed by atoms with van der Waals surface area (Å²) in [6, 6.07) is 5.07. The Morgan fingerprint density at radius 2 is 2.18 bits per heavy atom. The summed E-state index contributed by atoms with van der Waals surface area (Å²) in [6.07, 6.45) is 0. The summed E-state index contributed by atoms with van der Waals surface area (Å²) in [5, 5.41) is 13.4. The summed E-state index contributed by atoms with van der Waals surface area (Å²) in [5.74, 6) is 0.542. The number of benzene rings is 1. The minimum atomic E-state index is 0.319. The molecule has 17 heavy (non-hydrogen) atoms. The third kappa shape index (κ3) is 3.21. The molecule has 0 bridgehead atoms. The third-order valence-electron chi connectivity index (χ3n) is 1.93. The second-order valence-corrected chi connectivity index (χ2v) is 5.02. The second kappa shape index (κ2) is 5.53. The minimum absolute atomic E-state index is 0.319. The molecule has 0 unspecified atom stereocenters. The van der Waals surface area contributed by atoms with Crippen LogP contribution in [-0.4, -0.2) is 17.2 Å². The van der Waals surface area contributed by atoms with E-state index in [-0.39, 0.29) is 0 Å². The molecule has 0 saturated heterocycles. The highest BCUT2D eigenvalue weighted by molar-refractivity contribution is 7.15. The van der Waals surface area contributed by atoms with Gasteiger partial charge in [-0.15, -0.1) is 10.2 Å². The van der Waals surface area contributed by atoms with Gasteiger partial charge in [0.15, 0.2) is 5.01 Å². The molecule has 90 valence electrons. The highest BCUT2D eigenvalue weighted by atomic mass is 35.5. The van der Waals surface area contributed by atoms with Crippen molar-refractivity contribution in [2.45, 2.75) is 6.61 Å². The fraction of sp³-hybridized carbons (Fsp3) is 0.200. The van der Waals surface area contributed by atoms with Crippen LogP contribution in [0.15, 0.2) is 18.2 Å². The third-order valence-corrected chi connectivity index (χ3v) is 3.39. The molecule has 4 nitrogen and oxygen atoms in total. The van der Waals surface area contributed by atoms with Gasteiger partial charge in [-0.3, -0.25) is 0 Å². The van der Waals surface area contributed by atoms with Crippen LogP contribution in [0.1, 0.15) is 5.01 Å². The zero-order valence-electron chi connectivity index (χ0n) is 8.91. The lowest BCUT2D eigenvalue weighted by Crippen LogP contribution is -1.95. The quantitative estimate of drug-likeness (QED) is 0.936. The number of rotatable bonds is 4. The molecule has 0 atom stereocenters. The summed E-state index contributed by atoms with van der Waals surface area (Å²) in [7, 11) is 1.79. The normalized spacial score (nSPS) is 10.3. The first-order valence-corrected chi connectivity index (χ1v) is 6.34.